The number of ether oxygens (including phenoxy) is 1. The fourth-order valence-corrected chi connectivity index (χ4v) is 2.22. The number of hydrogen-bond donors (Lipinski definition) is 1. The van der Waals surface area contributed by atoms with Crippen LogP contribution in [-0.4, -0.2) is 23.2 Å². The first kappa shape index (κ1) is 16.2. The number of nitrogens with zero attached hydrogens (tertiary/aromatic N) is 1. The minimum absolute atomic E-state index is 0.0839. The molecular weight excluding hydrogens is 295 g/mol. The number of phenolic OH excluding ortho intramolecular Hbond substituents is 1. The molecule has 0 saturated heterocycles. The topological polar surface area (TPSA) is 70.3 Å². The molecule has 0 aliphatic rings. The molecule has 0 saturated carbocycles. The van der Waals surface area contributed by atoms with Crippen LogP contribution < -0.4 is 0 Å². The van der Waals surface area contributed by atoms with E-state index in [1.807, 2.05) is 0 Å². The molecule has 0 aliphatic heterocycles. The SMILES string of the molecule is CCOC(=O)Cc1c(C#N)cc(O)cc1SC(F)(F)F. The van der Waals surface area contributed by atoms with Crippen molar-refractivity contribution in [2.45, 2.75) is 23.7 Å². The summed E-state index contributed by atoms with van der Waals surface area (Å²) in [4.78, 5) is 11.0. The maximum absolute atomic E-state index is 12.5. The van der Waals surface area contributed by atoms with Crippen molar-refractivity contribution < 1.29 is 27.8 Å². The second-order valence-electron chi connectivity index (χ2n) is 3.61. The molecule has 1 aromatic rings. The molecule has 1 N–H and O–H groups in total. The van der Waals surface area contributed by atoms with Gasteiger partial charge in [-0.15, -0.1) is 0 Å². The number of halogens is 3. The lowest BCUT2D eigenvalue weighted by Gasteiger charge is -2.13. The lowest BCUT2D eigenvalue weighted by molar-refractivity contribution is -0.142. The molecule has 0 aliphatic carbocycles. The molecule has 0 amide bonds. The summed E-state index contributed by atoms with van der Waals surface area (Å²) < 4.78 is 42.0. The molecule has 108 valence electrons. The monoisotopic (exact) mass is 305 g/mol. The second kappa shape index (κ2) is 6.52. The van der Waals surface area contributed by atoms with Crippen LogP contribution in [0, 0.1) is 11.3 Å². The Hall–Kier alpha value is -1.88. The Balaban J connectivity index is 3.23. The number of carbonyl (C=O) groups excluding carboxylic acids is 1. The van der Waals surface area contributed by atoms with Crippen molar-refractivity contribution in [1.29, 1.82) is 5.26 Å². The van der Waals surface area contributed by atoms with Gasteiger partial charge in [0.25, 0.3) is 0 Å². The van der Waals surface area contributed by atoms with Crippen LogP contribution in [0.1, 0.15) is 18.1 Å². The van der Waals surface area contributed by atoms with Crippen molar-refractivity contribution >= 4 is 17.7 Å². The van der Waals surface area contributed by atoms with Crippen molar-refractivity contribution in [1.82, 2.24) is 0 Å². The van der Waals surface area contributed by atoms with Gasteiger partial charge in [-0.3, -0.25) is 4.79 Å². The minimum Gasteiger partial charge on any atom is -0.508 e. The largest absolute Gasteiger partial charge is 0.508 e. The van der Waals surface area contributed by atoms with E-state index in [4.69, 9.17) is 5.26 Å². The molecule has 0 spiro atoms. The zero-order valence-corrected chi connectivity index (χ0v) is 11.1. The summed E-state index contributed by atoms with van der Waals surface area (Å²) in [7, 11) is 0. The van der Waals surface area contributed by atoms with E-state index in [0.717, 1.165) is 12.1 Å². The number of thioether (sulfide) groups is 1. The molecule has 1 rings (SSSR count). The van der Waals surface area contributed by atoms with E-state index in [1.165, 1.54) is 0 Å². The quantitative estimate of drug-likeness (QED) is 0.684. The van der Waals surface area contributed by atoms with Crippen LogP contribution in [0.15, 0.2) is 17.0 Å². The number of esters is 1. The Morgan fingerprint density at radius 1 is 1.50 bits per heavy atom. The maximum Gasteiger partial charge on any atom is 0.446 e. The number of rotatable bonds is 4. The van der Waals surface area contributed by atoms with Crippen molar-refractivity contribution in [3.05, 3.63) is 23.3 Å². The van der Waals surface area contributed by atoms with Crippen LogP contribution in [-0.2, 0) is 16.0 Å². The van der Waals surface area contributed by atoms with Crippen molar-refractivity contribution in [3.8, 4) is 11.8 Å². The minimum atomic E-state index is -4.59. The van der Waals surface area contributed by atoms with Crippen LogP contribution in [0.25, 0.3) is 0 Å². The summed E-state index contributed by atoms with van der Waals surface area (Å²) in [6.45, 7) is 1.64. The third-order valence-corrected chi connectivity index (χ3v) is 2.98. The van der Waals surface area contributed by atoms with Gasteiger partial charge in [0.2, 0.25) is 0 Å². The molecule has 0 radical (unpaired) electrons. The van der Waals surface area contributed by atoms with E-state index in [9.17, 15) is 23.1 Å². The fraction of sp³-hybridized carbons (Fsp3) is 0.333. The molecule has 0 heterocycles. The van der Waals surface area contributed by atoms with E-state index in [1.54, 1.807) is 13.0 Å². The van der Waals surface area contributed by atoms with Gasteiger partial charge in [0.1, 0.15) is 5.75 Å². The highest BCUT2D eigenvalue weighted by Gasteiger charge is 2.31. The first-order valence-corrected chi connectivity index (χ1v) is 6.25. The third-order valence-electron chi connectivity index (χ3n) is 2.17. The van der Waals surface area contributed by atoms with Crippen molar-refractivity contribution in [2.24, 2.45) is 0 Å². The summed E-state index contributed by atoms with van der Waals surface area (Å²) in [5.41, 5.74) is -4.89. The average Bonchev–Trinajstić information content (AvgIpc) is 2.30. The zero-order valence-electron chi connectivity index (χ0n) is 10.3. The van der Waals surface area contributed by atoms with Gasteiger partial charge in [-0.2, -0.15) is 18.4 Å². The third kappa shape index (κ3) is 4.66. The Morgan fingerprint density at radius 2 is 2.15 bits per heavy atom. The van der Waals surface area contributed by atoms with Gasteiger partial charge in [0.15, 0.2) is 0 Å². The first-order valence-electron chi connectivity index (χ1n) is 5.44. The number of nitriles is 1. The Labute approximate surface area is 117 Å². The van der Waals surface area contributed by atoms with Gasteiger partial charge >= 0.3 is 11.5 Å². The Kier molecular flexibility index (Phi) is 5.27. The standard InChI is InChI=1S/C12H10F3NO3S/c1-2-19-11(18)5-9-7(6-16)3-8(17)4-10(9)20-12(13,14)15/h3-4,17H,2,5H2,1H3. The molecule has 1 aromatic carbocycles. The molecule has 0 unspecified atom stereocenters. The Morgan fingerprint density at radius 3 is 2.65 bits per heavy atom. The number of phenols is 1. The number of alkyl halides is 3. The van der Waals surface area contributed by atoms with Gasteiger partial charge in [-0.1, -0.05) is 0 Å². The van der Waals surface area contributed by atoms with Gasteiger partial charge in [0, 0.05) is 4.90 Å². The summed E-state index contributed by atoms with van der Waals surface area (Å²) in [5, 5.41) is 18.2. The van der Waals surface area contributed by atoms with Gasteiger partial charge in [0.05, 0.1) is 24.7 Å². The van der Waals surface area contributed by atoms with Crippen molar-refractivity contribution in [3.63, 3.8) is 0 Å². The van der Waals surface area contributed by atoms with Gasteiger partial charge in [-0.05, 0) is 36.4 Å². The maximum atomic E-state index is 12.5. The van der Waals surface area contributed by atoms with E-state index < -0.39 is 35.4 Å². The number of hydrogen-bond acceptors (Lipinski definition) is 5. The molecule has 0 fully saturated rings. The zero-order chi connectivity index (χ0) is 15.3. The van der Waals surface area contributed by atoms with E-state index in [-0.39, 0.29) is 22.6 Å². The fourth-order valence-electron chi connectivity index (χ4n) is 1.49. The van der Waals surface area contributed by atoms with Crippen LogP contribution in [0.3, 0.4) is 0 Å². The van der Waals surface area contributed by atoms with Crippen molar-refractivity contribution in [2.75, 3.05) is 6.61 Å². The predicted octanol–water partition coefficient (Wildman–Crippen LogP) is 2.98. The van der Waals surface area contributed by atoms with Crippen LogP contribution in [0.5, 0.6) is 5.75 Å². The molecule has 0 aromatic heterocycles. The number of aromatic hydroxyl groups is 1. The van der Waals surface area contributed by atoms with Gasteiger partial charge < -0.3 is 9.84 Å². The summed E-state index contributed by atoms with van der Waals surface area (Å²) >= 11 is -0.488. The lowest BCUT2D eigenvalue weighted by Crippen LogP contribution is -2.11. The van der Waals surface area contributed by atoms with Crippen LogP contribution in [0.2, 0.25) is 0 Å². The van der Waals surface area contributed by atoms with E-state index >= 15 is 0 Å². The molecular formula is C12H10F3NO3S. The highest BCUT2D eigenvalue weighted by Crippen LogP contribution is 2.41. The molecule has 0 atom stereocenters. The average molecular weight is 305 g/mol. The molecule has 0 bridgehead atoms. The highest BCUT2D eigenvalue weighted by atomic mass is 32.2. The van der Waals surface area contributed by atoms with Gasteiger partial charge in [-0.25, -0.2) is 0 Å². The first-order chi connectivity index (χ1) is 9.26. The van der Waals surface area contributed by atoms with Crippen LogP contribution >= 0.6 is 11.8 Å². The van der Waals surface area contributed by atoms with E-state index in [2.05, 4.69) is 4.74 Å². The summed E-state index contributed by atoms with van der Waals surface area (Å²) in [6.07, 6.45) is -0.463. The molecule has 8 heteroatoms. The normalized spacial score (nSPS) is 10.9. The smallest absolute Gasteiger partial charge is 0.446 e. The number of benzene rings is 1. The van der Waals surface area contributed by atoms with E-state index in [0.29, 0.717) is 0 Å². The number of carbonyl (C=O) groups is 1. The second-order valence-corrected chi connectivity index (χ2v) is 4.72. The lowest BCUT2D eigenvalue weighted by atomic mass is 10.0. The highest BCUT2D eigenvalue weighted by molar-refractivity contribution is 8.00. The summed E-state index contributed by atoms with van der Waals surface area (Å²) in [5.74, 6) is -1.21. The van der Waals surface area contributed by atoms with Crippen LogP contribution in [0.4, 0.5) is 13.2 Å². The molecule has 4 nitrogen and oxygen atoms in total. The molecule has 20 heavy (non-hydrogen) atoms. The Bertz CT molecular complexity index is 552. The summed E-state index contributed by atoms with van der Waals surface area (Å²) in [6, 6.07) is 3.54. The predicted molar refractivity (Wildman–Crippen MR) is 65.1 cm³/mol.